The third-order valence-corrected chi connectivity index (χ3v) is 3.71. The first-order valence-corrected chi connectivity index (χ1v) is 6.98. The molecule has 118 valence electrons. The SMILES string of the molecule is COC(=O)C1CN(C(=O)NC(CC(=O)O)C2CC2)CCO1. The zero-order chi connectivity index (χ0) is 15.4. The van der Waals surface area contributed by atoms with E-state index in [-0.39, 0.29) is 37.6 Å². The van der Waals surface area contributed by atoms with E-state index in [0.29, 0.717) is 6.54 Å². The molecule has 0 aromatic rings. The number of hydrogen-bond donors (Lipinski definition) is 2. The van der Waals surface area contributed by atoms with Crippen molar-refractivity contribution >= 4 is 18.0 Å². The number of carboxylic acid groups (broad SMARTS) is 1. The average Bonchev–Trinajstić information content (AvgIpc) is 3.30. The third-order valence-electron chi connectivity index (χ3n) is 3.71. The van der Waals surface area contributed by atoms with Gasteiger partial charge in [0, 0.05) is 12.6 Å². The number of carboxylic acids is 1. The summed E-state index contributed by atoms with van der Waals surface area (Å²) < 4.78 is 9.85. The lowest BCUT2D eigenvalue weighted by Gasteiger charge is -2.32. The smallest absolute Gasteiger partial charge is 0.336 e. The predicted octanol–water partition coefficient (Wildman–Crippen LogP) is -0.177. The Morgan fingerprint density at radius 2 is 2.14 bits per heavy atom. The van der Waals surface area contributed by atoms with Gasteiger partial charge in [-0.05, 0) is 18.8 Å². The molecule has 1 saturated heterocycles. The normalized spacial score (nSPS) is 23.3. The lowest BCUT2D eigenvalue weighted by molar-refractivity contribution is -0.158. The van der Waals surface area contributed by atoms with Crippen molar-refractivity contribution in [2.45, 2.75) is 31.4 Å². The standard InChI is InChI=1S/C13H20N2O6/c1-20-12(18)10-7-15(4-5-21-10)13(19)14-9(6-11(16)17)8-2-3-8/h8-10H,2-7H2,1H3,(H,14,19)(H,16,17). The zero-order valence-corrected chi connectivity index (χ0v) is 11.9. The van der Waals surface area contributed by atoms with Crippen LogP contribution in [0.3, 0.4) is 0 Å². The Hall–Kier alpha value is -1.83. The van der Waals surface area contributed by atoms with Crippen LogP contribution in [0.4, 0.5) is 4.79 Å². The monoisotopic (exact) mass is 300 g/mol. The van der Waals surface area contributed by atoms with Crippen molar-refractivity contribution in [1.29, 1.82) is 0 Å². The molecule has 0 aromatic heterocycles. The number of ether oxygens (including phenoxy) is 2. The van der Waals surface area contributed by atoms with Crippen molar-refractivity contribution in [3.8, 4) is 0 Å². The average molecular weight is 300 g/mol. The summed E-state index contributed by atoms with van der Waals surface area (Å²) in [5.74, 6) is -1.21. The van der Waals surface area contributed by atoms with Crippen molar-refractivity contribution in [2.75, 3.05) is 26.8 Å². The first kappa shape index (κ1) is 15.6. The molecule has 0 spiro atoms. The molecule has 1 aliphatic heterocycles. The number of urea groups is 1. The van der Waals surface area contributed by atoms with Gasteiger partial charge in [0.25, 0.3) is 0 Å². The number of carbonyl (C=O) groups excluding carboxylic acids is 2. The van der Waals surface area contributed by atoms with Gasteiger partial charge in [-0.25, -0.2) is 9.59 Å². The number of amides is 2. The van der Waals surface area contributed by atoms with Crippen LogP contribution in [-0.4, -0.2) is 66.9 Å². The molecule has 21 heavy (non-hydrogen) atoms. The Labute approximate surface area is 122 Å². The molecule has 1 heterocycles. The van der Waals surface area contributed by atoms with E-state index in [4.69, 9.17) is 9.84 Å². The Morgan fingerprint density at radius 1 is 1.43 bits per heavy atom. The van der Waals surface area contributed by atoms with E-state index in [1.165, 1.54) is 12.0 Å². The van der Waals surface area contributed by atoms with Gasteiger partial charge >= 0.3 is 18.0 Å². The van der Waals surface area contributed by atoms with Gasteiger partial charge in [0.1, 0.15) is 0 Å². The molecule has 1 aliphatic carbocycles. The van der Waals surface area contributed by atoms with Crippen LogP contribution in [0.15, 0.2) is 0 Å². The Morgan fingerprint density at radius 3 is 2.71 bits per heavy atom. The van der Waals surface area contributed by atoms with Gasteiger partial charge in [-0.1, -0.05) is 0 Å². The maximum absolute atomic E-state index is 12.2. The highest BCUT2D eigenvalue weighted by atomic mass is 16.6. The summed E-state index contributed by atoms with van der Waals surface area (Å²) in [5.41, 5.74) is 0. The molecule has 8 nitrogen and oxygen atoms in total. The van der Waals surface area contributed by atoms with Crippen molar-refractivity contribution in [1.82, 2.24) is 10.2 Å². The summed E-state index contributed by atoms with van der Waals surface area (Å²) in [5, 5.41) is 11.6. The van der Waals surface area contributed by atoms with Gasteiger partial charge in [0.2, 0.25) is 0 Å². The van der Waals surface area contributed by atoms with Gasteiger partial charge in [-0.15, -0.1) is 0 Å². The number of morpholine rings is 1. The second-order valence-corrected chi connectivity index (χ2v) is 5.32. The van der Waals surface area contributed by atoms with E-state index >= 15 is 0 Å². The summed E-state index contributed by atoms with van der Waals surface area (Å²) in [6.45, 7) is 0.729. The molecule has 2 fully saturated rings. The van der Waals surface area contributed by atoms with E-state index in [1.807, 2.05) is 0 Å². The van der Waals surface area contributed by atoms with Crippen LogP contribution < -0.4 is 5.32 Å². The van der Waals surface area contributed by atoms with Crippen molar-refractivity contribution in [3.05, 3.63) is 0 Å². The van der Waals surface area contributed by atoms with E-state index in [0.717, 1.165) is 12.8 Å². The molecule has 0 radical (unpaired) electrons. The molecule has 2 aliphatic rings. The minimum atomic E-state index is -0.929. The molecule has 1 saturated carbocycles. The first-order chi connectivity index (χ1) is 10.0. The van der Waals surface area contributed by atoms with Crippen LogP contribution in [0.1, 0.15) is 19.3 Å². The fraction of sp³-hybridized carbons (Fsp3) is 0.769. The maximum atomic E-state index is 12.2. The van der Waals surface area contributed by atoms with Gasteiger partial charge in [0.05, 0.1) is 26.7 Å². The minimum absolute atomic E-state index is 0.0822. The molecule has 2 amide bonds. The lowest BCUT2D eigenvalue weighted by atomic mass is 10.1. The number of aliphatic carboxylic acids is 1. The molecule has 2 N–H and O–H groups in total. The summed E-state index contributed by atoms with van der Waals surface area (Å²) in [4.78, 5) is 35.9. The second-order valence-electron chi connectivity index (χ2n) is 5.32. The number of methoxy groups -OCH3 is 1. The highest BCUT2D eigenvalue weighted by Crippen LogP contribution is 2.34. The van der Waals surface area contributed by atoms with Crippen LogP contribution in [0, 0.1) is 5.92 Å². The van der Waals surface area contributed by atoms with Crippen molar-refractivity contribution in [2.24, 2.45) is 5.92 Å². The van der Waals surface area contributed by atoms with Crippen LogP contribution in [0.25, 0.3) is 0 Å². The van der Waals surface area contributed by atoms with Crippen molar-refractivity contribution in [3.63, 3.8) is 0 Å². The highest BCUT2D eigenvalue weighted by Gasteiger charge is 2.36. The summed E-state index contributed by atoms with van der Waals surface area (Å²) in [6.07, 6.45) is 1.01. The van der Waals surface area contributed by atoms with E-state index in [9.17, 15) is 14.4 Å². The fourth-order valence-corrected chi connectivity index (χ4v) is 2.38. The summed E-state index contributed by atoms with van der Waals surface area (Å²) in [7, 11) is 1.26. The van der Waals surface area contributed by atoms with Crippen LogP contribution in [0.2, 0.25) is 0 Å². The highest BCUT2D eigenvalue weighted by molar-refractivity contribution is 5.79. The lowest BCUT2D eigenvalue weighted by Crippen LogP contribution is -2.54. The second kappa shape index (κ2) is 6.75. The van der Waals surface area contributed by atoms with Gasteiger partial charge in [-0.2, -0.15) is 0 Å². The van der Waals surface area contributed by atoms with Crippen LogP contribution >= 0.6 is 0 Å². The summed E-state index contributed by atoms with van der Waals surface area (Å²) >= 11 is 0. The van der Waals surface area contributed by atoms with Gasteiger partial charge < -0.3 is 24.8 Å². The number of esters is 1. The first-order valence-electron chi connectivity index (χ1n) is 6.98. The molecule has 0 bridgehead atoms. The Balaban J connectivity index is 1.89. The quantitative estimate of drug-likeness (QED) is 0.683. The molecular weight excluding hydrogens is 280 g/mol. The van der Waals surface area contributed by atoms with Crippen molar-refractivity contribution < 1.29 is 29.0 Å². The zero-order valence-electron chi connectivity index (χ0n) is 11.9. The molecule has 8 heteroatoms. The van der Waals surface area contributed by atoms with E-state index < -0.39 is 18.0 Å². The Kier molecular flexibility index (Phi) is 5.00. The fourth-order valence-electron chi connectivity index (χ4n) is 2.38. The Bertz CT molecular complexity index is 423. The van der Waals surface area contributed by atoms with Crippen LogP contribution in [0.5, 0.6) is 0 Å². The largest absolute Gasteiger partial charge is 0.481 e. The number of carbonyl (C=O) groups is 3. The van der Waals surface area contributed by atoms with E-state index in [2.05, 4.69) is 10.1 Å². The van der Waals surface area contributed by atoms with E-state index in [1.54, 1.807) is 0 Å². The minimum Gasteiger partial charge on any atom is -0.481 e. The molecule has 2 unspecified atom stereocenters. The molecule has 0 aromatic carbocycles. The number of nitrogens with one attached hydrogen (secondary N) is 1. The summed E-state index contributed by atoms with van der Waals surface area (Å²) in [6, 6.07) is -0.709. The number of rotatable bonds is 5. The number of nitrogens with zero attached hydrogens (tertiary/aromatic N) is 1. The predicted molar refractivity (Wildman–Crippen MR) is 70.6 cm³/mol. The molecule has 2 atom stereocenters. The molecule has 2 rings (SSSR count). The van der Waals surface area contributed by atoms with Gasteiger partial charge in [-0.3, -0.25) is 4.79 Å². The van der Waals surface area contributed by atoms with Gasteiger partial charge in [0.15, 0.2) is 6.10 Å². The molecular formula is C13H20N2O6. The third kappa shape index (κ3) is 4.32. The van der Waals surface area contributed by atoms with Crippen LogP contribution in [-0.2, 0) is 19.1 Å². The maximum Gasteiger partial charge on any atom is 0.336 e. The number of hydrogen-bond acceptors (Lipinski definition) is 5. The topological polar surface area (TPSA) is 105 Å².